The minimum Gasteiger partial charge on any atom is -0.497 e. The zero-order valence-electron chi connectivity index (χ0n) is 13.4. The normalized spacial score (nSPS) is 16.7. The van der Waals surface area contributed by atoms with E-state index in [1.54, 1.807) is 25.3 Å². The van der Waals surface area contributed by atoms with E-state index < -0.39 is 5.91 Å². The molecular formula is C16H22N2O5. The van der Waals surface area contributed by atoms with E-state index in [2.05, 4.69) is 10.6 Å². The topological polar surface area (TPSA) is 85.9 Å². The molecule has 7 heteroatoms. The number of rotatable bonds is 7. The van der Waals surface area contributed by atoms with Crippen molar-refractivity contribution in [1.82, 2.24) is 5.32 Å². The summed E-state index contributed by atoms with van der Waals surface area (Å²) in [5.41, 5.74) is 0.491. The monoisotopic (exact) mass is 322 g/mol. The van der Waals surface area contributed by atoms with Gasteiger partial charge in [-0.15, -0.1) is 0 Å². The Hall–Kier alpha value is -2.28. The molecule has 2 N–H and O–H groups in total. The van der Waals surface area contributed by atoms with E-state index in [0.717, 1.165) is 19.4 Å². The first-order chi connectivity index (χ1) is 11.1. The molecule has 1 saturated heterocycles. The van der Waals surface area contributed by atoms with Gasteiger partial charge in [0.2, 0.25) is 11.8 Å². The molecule has 1 aromatic carbocycles. The van der Waals surface area contributed by atoms with Crippen LogP contribution in [0.25, 0.3) is 0 Å². The van der Waals surface area contributed by atoms with Gasteiger partial charge in [0.1, 0.15) is 17.9 Å². The second-order valence-corrected chi connectivity index (χ2v) is 5.23. The lowest BCUT2D eigenvalue weighted by atomic mass is 10.2. The summed E-state index contributed by atoms with van der Waals surface area (Å²) in [6, 6.07) is 5.03. The number of ether oxygens (including phenoxy) is 3. The minimum atomic E-state index is -0.404. The Kier molecular flexibility index (Phi) is 6.22. The van der Waals surface area contributed by atoms with E-state index >= 15 is 0 Å². The minimum absolute atomic E-state index is 0.0590. The van der Waals surface area contributed by atoms with Gasteiger partial charge >= 0.3 is 0 Å². The predicted octanol–water partition coefficient (Wildman–Crippen LogP) is 1.33. The number of hydrogen-bond acceptors (Lipinski definition) is 5. The lowest BCUT2D eigenvalue weighted by Crippen LogP contribution is -2.34. The summed E-state index contributed by atoms with van der Waals surface area (Å²) in [4.78, 5) is 23.7. The molecule has 0 bridgehead atoms. The van der Waals surface area contributed by atoms with Gasteiger partial charge in [-0.25, -0.2) is 0 Å². The molecule has 0 spiro atoms. The molecule has 7 nitrogen and oxygen atoms in total. The van der Waals surface area contributed by atoms with E-state index in [0.29, 0.717) is 23.7 Å². The van der Waals surface area contributed by atoms with Crippen molar-refractivity contribution in [2.75, 3.05) is 32.7 Å². The van der Waals surface area contributed by atoms with E-state index in [1.807, 2.05) is 0 Å². The number of nitrogens with one attached hydrogen (secondary N) is 2. The number of hydrogen-bond donors (Lipinski definition) is 2. The lowest BCUT2D eigenvalue weighted by molar-refractivity contribution is -0.127. The maximum atomic E-state index is 12.0. The number of methoxy groups -OCH3 is 2. The number of carbonyl (C=O) groups is 2. The summed E-state index contributed by atoms with van der Waals surface area (Å²) < 4.78 is 15.7. The molecule has 0 saturated carbocycles. The van der Waals surface area contributed by atoms with Crippen molar-refractivity contribution in [3.8, 4) is 11.5 Å². The highest BCUT2D eigenvalue weighted by molar-refractivity contribution is 6.04. The summed E-state index contributed by atoms with van der Waals surface area (Å²) in [6.45, 7) is 1.18. The molecule has 1 unspecified atom stereocenters. The first kappa shape index (κ1) is 17.1. The van der Waals surface area contributed by atoms with Gasteiger partial charge in [-0.2, -0.15) is 0 Å². The van der Waals surface area contributed by atoms with Crippen molar-refractivity contribution in [2.45, 2.75) is 25.4 Å². The molecule has 23 heavy (non-hydrogen) atoms. The van der Waals surface area contributed by atoms with Crippen LogP contribution < -0.4 is 20.1 Å². The molecule has 0 aliphatic carbocycles. The summed E-state index contributed by atoms with van der Waals surface area (Å²) in [7, 11) is 3.05. The van der Waals surface area contributed by atoms with Gasteiger partial charge in [-0.1, -0.05) is 0 Å². The van der Waals surface area contributed by atoms with Crippen LogP contribution in [0.4, 0.5) is 5.69 Å². The van der Waals surface area contributed by atoms with Gasteiger partial charge in [0.25, 0.3) is 0 Å². The number of amides is 2. The Morgan fingerprint density at radius 3 is 2.74 bits per heavy atom. The molecule has 1 fully saturated rings. The van der Waals surface area contributed by atoms with Crippen molar-refractivity contribution in [3.63, 3.8) is 0 Å². The largest absolute Gasteiger partial charge is 0.497 e. The Morgan fingerprint density at radius 1 is 1.26 bits per heavy atom. The second kappa shape index (κ2) is 8.38. The zero-order valence-corrected chi connectivity index (χ0v) is 13.4. The molecule has 1 atom stereocenters. The van der Waals surface area contributed by atoms with Gasteiger partial charge in [-0.05, 0) is 25.0 Å². The van der Waals surface area contributed by atoms with Crippen LogP contribution >= 0.6 is 0 Å². The highest BCUT2D eigenvalue weighted by Crippen LogP contribution is 2.29. The third-order valence-corrected chi connectivity index (χ3v) is 3.55. The Bertz CT molecular complexity index is 555. The smallest absolute Gasteiger partial charge is 0.233 e. The van der Waals surface area contributed by atoms with Gasteiger partial charge < -0.3 is 24.8 Å². The highest BCUT2D eigenvalue weighted by Gasteiger charge is 2.17. The summed E-state index contributed by atoms with van der Waals surface area (Å²) in [5.74, 6) is 0.357. The van der Waals surface area contributed by atoms with Crippen LogP contribution in [0.15, 0.2) is 18.2 Å². The Labute approximate surface area is 135 Å². The van der Waals surface area contributed by atoms with Crippen molar-refractivity contribution in [2.24, 2.45) is 0 Å². The first-order valence-corrected chi connectivity index (χ1v) is 7.52. The molecule has 0 radical (unpaired) electrons. The van der Waals surface area contributed by atoms with E-state index in [-0.39, 0.29) is 18.4 Å². The van der Waals surface area contributed by atoms with Crippen LogP contribution in [-0.2, 0) is 14.3 Å². The third-order valence-electron chi connectivity index (χ3n) is 3.55. The van der Waals surface area contributed by atoms with Crippen molar-refractivity contribution < 1.29 is 23.8 Å². The van der Waals surface area contributed by atoms with Crippen LogP contribution in [0.5, 0.6) is 11.5 Å². The summed E-state index contributed by atoms with van der Waals surface area (Å²) in [5, 5.41) is 5.37. The average molecular weight is 322 g/mol. The van der Waals surface area contributed by atoms with E-state index in [9.17, 15) is 9.59 Å². The average Bonchev–Trinajstić information content (AvgIpc) is 3.06. The fraction of sp³-hybridized carbons (Fsp3) is 0.500. The third kappa shape index (κ3) is 5.14. The van der Waals surface area contributed by atoms with E-state index in [4.69, 9.17) is 14.2 Å². The molecule has 0 aromatic heterocycles. The molecule has 1 aliphatic rings. The number of anilines is 1. The van der Waals surface area contributed by atoms with Crippen molar-refractivity contribution in [3.05, 3.63) is 18.2 Å². The van der Waals surface area contributed by atoms with E-state index in [1.165, 1.54) is 7.11 Å². The maximum Gasteiger partial charge on any atom is 0.233 e. The van der Waals surface area contributed by atoms with Crippen LogP contribution in [0.1, 0.15) is 19.3 Å². The maximum absolute atomic E-state index is 12.0. The molecule has 1 heterocycles. The van der Waals surface area contributed by atoms with Gasteiger partial charge in [0.05, 0.1) is 26.0 Å². The van der Waals surface area contributed by atoms with Crippen LogP contribution in [-0.4, -0.2) is 45.3 Å². The quantitative estimate of drug-likeness (QED) is 0.740. The fourth-order valence-corrected chi connectivity index (χ4v) is 2.34. The number of benzene rings is 1. The molecule has 1 aliphatic heterocycles. The predicted molar refractivity (Wildman–Crippen MR) is 84.8 cm³/mol. The molecule has 2 rings (SSSR count). The highest BCUT2D eigenvalue weighted by atomic mass is 16.5. The van der Waals surface area contributed by atoms with Crippen molar-refractivity contribution >= 4 is 17.5 Å². The van der Waals surface area contributed by atoms with Gasteiger partial charge in [-0.3, -0.25) is 9.59 Å². The SMILES string of the molecule is COc1ccc(NC(=O)CC(=O)NCC2CCCO2)c(OC)c1. The van der Waals surface area contributed by atoms with Crippen LogP contribution in [0.3, 0.4) is 0 Å². The molecular weight excluding hydrogens is 300 g/mol. The zero-order chi connectivity index (χ0) is 16.7. The fourth-order valence-electron chi connectivity index (χ4n) is 2.34. The van der Waals surface area contributed by atoms with Crippen LogP contribution in [0, 0.1) is 0 Å². The first-order valence-electron chi connectivity index (χ1n) is 7.52. The lowest BCUT2D eigenvalue weighted by Gasteiger charge is -2.12. The van der Waals surface area contributed by atoms with Crippen LogP contribution in [0.2, 0.25) is 0 Å². The Balaban J connectivity index is 1.82. The molecule has 126 valence electrons. The molecule has 2 amide bonds. The molecule has 1 aromatic rings. The summed E-state index contributed by atoms with van der Waals surface area (Å²) >= 11 is 0. The second-order valence-electron chi connectivity index (χ2n) is 5.23. The summed E-state index contributed by atoms with van der Waals surface area (Å²) in [6.07, 6.45) is 1.76. The Morgan fingerprint density at radius 2 is 2.09 bits per heavy atom. The van der Waals surface area contributed by atoms with Gasteiger partial charge in [0.15, 0.2) is 0 Å². The number of carbonyl (C=O) groups excluding carboxylic acids is 2. The van der Waals surface area contributed by atoms with Gasteiger partial charge in [0, 0.05) is 19.2 Å². The standard InChI is InChI=1S/C16H22N2O5/c1-21-11-5-6-13(14(8-11)22-2)18-16(20)9-15(19)17-10-12-4-3-7-23-12/h5-6,8,12H,3-4,7,9-10H2,1-2H3,(H,17,19)(H,18,20). The van der Waals surface area contributed by atoms with Crippen molar-refractivity contribution in [1.29, 1.82) is 0 Å².